The molecule has 1 amide bonds. The summed E-state index contributed by atoms with van der Waals surface area (Å²) >= 11 is 0. The van der Waals surface area contributed by atoms with E-state index in [0.29, 0.717) is 36.7 Å². The largest absolute Gasteiger partial charge is 0.335 e. The summed E-state index contributed by atoms with van der Waals surface area (Å²) in [5.41, 5.74) is 0.252. The van der Waals surface area contributed by atoms with Crippen LogP contribution in [0.15, 0.2) is 35.4 Å². The molecule has 2 aromatic heterocycles. The molecule has 0 radical (unpaired) electrons. The minimum absolute atomic E-state index is 0.0924. The molecular weight excluding hydrogens is 330 g/mol. The van der Waals surface area contributed by atoms with E-state index in [1.165, 1.54) is 25.5 Å². The molecule has 2 fully saturated rings. The standard InChI is InChI=1S/C19H23N5O2/c1-13-6-3-5-9-24(13)14-11-23(12-14)19(26)15-10-21-17(22-18(15)25)16-7-2-4-8-20-16/h2,4,7-8,10,13-14H,3,5-6,9,11-12H2,1H3,(H,21,22,25)/t13-/m1/s1. The summed E-state index contributed by atoms with van der Waals surface area (Å²) in [4.78, 5) is 40.3. The maximum atomic E-state index is 12.6. The molecule has 4 rings (SSSR count). The van der Waals surface area contributed by atoms with Crippen molar-refractivity contribution in [2.45, 2.75) is 38.3 Å². The first-order valence-corrected chi connectivity index (χ1v) is 9.19. The lowest BCUT2D eigenvalue weighted by atomic mass is 9.97. The van der Waals surface area contributed by atoms with Gasteiger partial charge in [0.1, 0.15) is 11.3 Å². The van der Waals surface area contributed by atoms with Crippen molar-refractivity contribution in [3.8, 4) is 11.5 Å². The van der Waals surface area contributed by atoms with E-state index >= 15 is 0 Å². The Balaban J connectivity index is 1.44. The van der Waals surface area contributed by atoms with Crippen molar-refractivity contribution in [3.05, 3.63) is 46.5 Å². The van der Waals surface area contributed by atoms with Crippen molar-refractivity contribution in [1.29, 1.82) is 0 Å². The van der Waals surface area contributed by atoms with Gasteiger partial charge in [-0.3, -0.25) is 19.5 Å². The first-order valence-electron chi connectivity index (χ1n) is 9.19. The van der Waals surface area contributed by atoms with Crippen molar-refractivity contribution in [2.24, 2.45) is 0 Å². The van der Waals surface area contributed by atoms with E-state index in [1.807, 2.05) is 6.07 Å². The molecule has 0 aliphatic carbocycles. The summed E-state index contributed by atoms with van der Waals surface area (Å²) in [6, 6.07) is 6.37. The van der Waals surface area contributed by atoms with Gasteiger partial charge in [0.15, 0.2) is 5.82 Å². The van der Waals surface area contributed by atoms with Crippen LogP contribution >= 0.6 is 0 Å². The number of rotatable bonds is 3. The quantitative estimate of drug-likeness (QED) is 0.905. The van der Waals surface area contributed by atoms with Crippen LogP contribution in [0.1, 0.15) is 36.5 Å². The summed E-state index contributed by atoms with van der Waals surface area (Å²) in [6.07, 6.45) is 6.74. The number of pyridine rings is 1. The second-order valence-electron chi connectivity index (χ2n) is 7.14. The molecule has 1 N–H and O–H groups in total. The molecule has 26 heavy (non-hydrogen) atoms. The normalized spacial score (nSPS) is 21.4. The molecule has 2 aliphatic rings. The van der Waals surface area contributed by atoms with Crippen LogP contribution in [0.3, 0.4) is 0 Å². The third-order valence-electron chi connectivity index (χ3n) is 5.41. The van der Waals surface area contributed by atoms with Crippen molar-refractivity contribution in [1.82, 2.24) is 24.8 Å². The first kappa shape index (κ1) is 16.9. The summed E-state index contributed by atoms with van der Waals surface area (Å²) in [5.74, 6) is 0.128. The predicted octanol–water partition coefficient (Wildman–Crippen LogP) is 1.53. The molecule has 136 valence electrons. The SMILES string of the molecule is C[C@@H]1CCCCN1C1CN(C(=O)c2cnc(-c3ccccn3)[nH]c2=O)C1. The van der Waals surface area contributed by atoms with Crippen LogP contribution in [0, 0.1) is 0 Å². The van der Waals surface area contributed by atoms with Gasteiger partial charge in [-0.15, -0.1) is 0 Å². The summed E-state index contributed by atoms with van der Waals surface area (Å²) in [7, 11) is 0. The second-order valence-corrected chi connectivity index (χ2v) is 7.14. The maximum Gasteiger partial charge on any atom is 0.264 e. The van der Waals surface area contributed by atoms with Gasteiger partial charge in [0.05, 0.1) is 0 Å². The smallest absolute Gasteiger partial charge is 0.264 e. The van der Waals surface area contributed by atoms with E-state index in [9.17, 15) is 9.59 Å². The monoisotopic (exact) mass is 353 g/mol. The lowest BCUT2D eigenvalue weighted by Gasteiger charge is -2.49. The maximum absolute atomic E-state index is 12.6. The number of hydrogen-bond acceptors (Lipinski definition) is 5. The number of nitrogens with zero attached hydrogens (tertiary/aromatic N) is 4. The number of amides is 1. The summed E-state index contributed by atoms with van der Waals surface area (Å²) < 4.78 is 0. The fourth-order valence-corrected chi connectivity index (χ4v) is 3.84. The van der Waals surface area contributed by atoms with Crippen molar-refractivity contribution in [3.63, 3.8) is 0 Å². The van der Waals surface area contributed by atoms with Crippen molar-refractivity contribution >= 4 is 5.91 Å². The number of carbonyl (C=O) groups is 1. The molecular formula is C19H23N5O2. The van der Waals surface area contributed by atoms with E-state index in [2.05, 4.69) is 26.8 Å². The molecule has 1 atom stereocenters. The Labute approximate surface area is 152 Å². The van der Waals surface area contributed by atoms with E-state index < -0.39 is 5.56 Å². The zero-order chi connectivity index (χ0) is 18.1. The fourth-order valence-electron chi connectivity index (χ4n) is 3.84. The molecule has 0 unspecified atom stereocenters. The number of likely N-dealkylation sites (tertiary alicyclic amines) is 2. The average Bonchev–Trinajstić information content (AvgIpc) is 2.62. The van der Waals surface area contributed by atoms with Crippen LogP contribution in [0.25, 0.3) is 11.5 Å². The Bertz CT molecular complexity index is 845. The van der Waals surface area contributed by atoms with Gasteiger partial charge in [-0.1, -0.05) is 12.5 Å². The van der Waals surface area contributed by atoms with Crippen LogP contribution in [0.5, 0.6) is 0 Å². The Hall–Kier alpha value is -2.54. The van der Waals surface area contributed by atoms with Crippen LogP contribution < -0.4 is 5.56 Å². The molecule has 0 spiro atoms. The Morgan fingerprint density at radius 1 is 1.23 bits per heavy atom. The fraction of sp³-hybridized carbons (Fsp3) is 0.474. The third-order valence-corrected chi connectivity index (χ3v) is 5.41. The molecule has 2 aliphatic heterocycles. The average molecular weight is 353 g/mol. The molecule has 2 aromatic rings. The number of hydrogen-bond donors (Lipinski definition) is 1. The molecule has 0 saturated carbocycles. The number of aromatic amines is 1. The molecule has 2 saturated heterocycles. The van der Waals surface area contributed by atoms with Gasteiger partial charge in [-0.2, -0.15) is 0 Å². The van der Waals surface area contributed by atoms with E-state index in [0.717, 1.165) is 6.54 Å². The zero-order valence-corrected chi connectivity index (χ0v) is 14.9. The Morgan fingerprint density at radius 3 is 2.77 bits per heavy atom. The third kappa shape index (κ3) is 3.14. The Kier molecular flexibility index (Phi) is 4.55. The summed E-state index contributed by atoms with van der Waals surface area (Å²) in [5, 5.41) is 0. The molecule has 0 bridgehead atoms. The zero-order valence-electron chi connectivity index (χ0n) is 14.9. The minimum Gasteiger partial charge on any atom is -0.335 e. The van der Waals surface area contributed by atoms with Crippen molar-refractivity contribution < 1.29 is 4.79 Å². The van der Waals surface area contributed by atoms with Crippen LogP contribution in [-0.4, -0.2) is 62.4 Å². The van der Waals surface area contributed by atoms with Crippen LogP contribution in [0.2, 0.25) is 0 Å². The van der Waals surface area contributed by atoms with Gasteiger partial charge in [-0.05, 0) is 38.4 Å². The number of piperidine rings is 1. The van der Waals surface area contributed by atoms with Gasteiger partial charge in [0.2, 0.25) is 0 Å². The van der Waals surface area contributed by atoms with E-state index in [1.54, 1.807) is 23.2 Å². The second kappa shape index (κ2) is 6.99. The highest BCUT2D eigenvalue weighted by Crippen LogP contribution is 2.25. The highest BCUT2D eigenvalue weighted by Gasteiger charge is 2.38. The van der Waals surface area contributed by atoms with Gasteiger partial charge in [0.25, 0.3) is 11.5 Å². The van der Waals surface area contributed by atoms with E-state index in [4.69, 9.17) is 0 Å². The predicted molar refractivity (Wildman–Crippen MR) is 97.8 cm³/mol. The number of aromatic nitrogens is 3. The van der Waals surface area contributed by atoms with Gasteiger partial charge in [0, 0.05) is 37.6 Å². The topological polar surface area (TPSA) is 82.2 Å². The highest BCUT2D eigenvalue weighted by atomic mass is 16.2. The highest BCUT2D eigenvalue weighted by molar-refractivity contribution is 5.94. The lowest BCUT2D eigenvalue weighted by molar-refractivity contribution is 0.00200. The minimum atomic E-state index is -0.416. The van der Waals surface area contributed by atoms with Crippen LogP contribution in [-0.2, 0) is 0 Å². The van der Waals surface area contributed by atoms with Crippen molar-refractivity contribution in [2.75, 3.05) is 19.6 Å². The van der Waals surface area contributed by atoms with Gasteiger partial charge in [-0.25, -0.2) is 4.98 Å². The number of nitrogens with one attached hydrogen (secondary N) is 1. The molecule has 4 heterocycles. The Morgan fingerprint density at radius 2 is 2.08 bits per heavy atom. The van der Waals surface area contributed by atoms with Crippen LogP contribution in [0.4, 0.5) is 0 Å². The molecule has 7 heteroatoms. The summed E-state index contributed by atoms with van der Waals surface area (Å²) in [6.45, 7) is 4.73. The van der Waals surface area contributed by atoms with Gasteiger partial charge >= 0.3 is 0 Å². The number of carbonyl (C=O) groups excluding carboxylic acids is 1. The van der Waals surface area contributed by atoms with Gasteiger partial charge < -0.3 is 9.88 Å². The first-order chi connectivity index (χ1) is 12.6. The van der Waals surface area contributed by atoms with E-state index in [-0.39, 0.29) is 11.5 Å². The number of H-pyrrole nitrogens is 1. The lowest BCUT2D eigenvalue weighted by Crippen LogP contribution is -2.63. The molecule has 7 nitrogen and oxygen atoms in total. The molecule has 0 aromatic carbocycles.